The van der Waals surface area contributed by atoms with Gasteiger partial charge in [0.15, 0.2) is 6.29 Å². The van der Waals surface area contributed by atoms with Crippen LogP contribution in [0.3, 0.4) is 0 Å². The Morgan fingerprint density at radius 1 is 1.00 bits per heavy atom. The van der Waals surface area contributed by atoms with Crippen LogP contribution >= 0.6 is 7.88 Å². The summed E-state index contributed by atoms with van der Waals surface area (Å²) in [7, 11) is -4.14. The fourth-order valence-corrected chi connectivity index (χ4v) is 4.91. The third kappa shape index (κ3) is 3.97. The van der Waals surface area contributed by atoms with Crippen molar-refractivity contribution in [1.29, 1.82) is 0 Å². The van der Waals surface area contributed by atoms with E-state index in [9.17, 15) is 12.8 Å². The minimum Gasteiger partial charge on any atom is -0.463 e. The summed E-state index contributed by atoms with van der Waals surface area (Å²) in [4.78, 5) is 1.78. The molecule has 0 radical (unpaired) electrons. The molecule has 0 fully saturated rings. The Morgan fingerprint density at radius 3 is 2.37 bits per heavy atom. The number of benzene rings is 3. The van der Waals surface area contributed by atoms with E-state index >= 15 is 0 Å². The van der Waals surface area contributed by atoms with E-state index in [1.54, 1.807) is 29.2 Å². The molecule has 156 valence electrons. The molecule has 1 aliphatic rings. The van der Waals surface area contributed by atoms with E-state index in [2.05, 4.69) is 0 Å². The predicted octanol–water partition coefficient (Wildman–Crippen LogP) is 6.83. The second-order valence-electron chi connectivity index (χ2n) is 7.66. The maximum atomic E-state index is 14.4. The number of alkyl halides is 1. The van der Waals surface area contributed by atoms with E-state index in [1.165, 1.54) is 0 Å². The van der Waals surface area contributed by atoms with Gasteiger partial charge >= 0.3 is 7.88 Å². The summed E-state index contributed by atoms with van der Waals surface area (Å²) in [6, 6.07) is 18.0. The molecule has 0 saturated carbocycles. The van der Waals surface area contributed by atoms with Gasteiger partial charge in [0.1, 0.15) is 12.4 Å². The molecule has 0 saturated heterocycles. The first-order valence-corrected chi connectivity index (χ1v) is 11.8. The Labute approximate surface area is 174 Å². The van der Waals surface area contributed by atoms with Gasteiger partial charge in [-0.1, -0.05) is 30.3 Å². The highest BCUT2D eigenvalue weighted by atomic mass is 31.2. The van der Waals surface area contributed by atoms with Crippen molar-refractivity contribution >= 4 is 19.3 Å². The first-order chi connectivity index (χ1) is 14.3. The van der Waals surface area contributed by atoms with Crippen LogP contribution in [0.5, 0.6) is 5.75 Å². The van der Waals surface area contributed by atoms with Crippen LogP contribution in [0, 0.1) is 6.92 Å². The van der Waals surface area contributed by atoms with Gasteiger partial charge in [0.2, 0.25) is 6.86 Å². The Hall–Kier alpha value is -2.72. The lowest BCUT2D eigenvalue weighted by Gasteiger charge is -2.39. The normalized spacial score (nSPS) is 15.5. The topological polar surface area (TPSA) is 38.5 Å². The zero-order valence-electron chi connectivity index (χ0n) is 16.8. The Bertz CT molecular complexity index is 1070. The zero-order valence-corrected chi connectivity index (χ0v) is 17.7. The molecule has 0 aromatic heterocycles. The molecule has 0 spiro atoms. The van der Waals surface area contributed by atoms with Crippen LogP contribution in [-0.2, 0) is 0 Å². The first-order valence-electron chi connectivity index (χ1n) is 9.57. The van der Waals surface area contributed by atoms with Crippen molar-refractivity contribution in [3.05, 3.63) is 77.4 Å². The number of nitrogens with two attached hydrogens (primary N) is 1. The number of aryl methyl sites for hydroxylation is 1. The third-order valence-electron chi connectivity index (χ3n) is 5.25. The Morgan fingerprint density at radius 2 is 1.70 bits per heavy atom. The molecule has 3 aromatic carbocycles. The van der Waals surface area contributed by atoms with Crippen LogP contribution in [-0.4, -0.2) is 19.8 Å². The van der Waals surface area contributed by atoms with Gasteiger partial charge in [-0.3, -0.25) is 0 Å². The van der Waals surface area contributed by atoms with Crippen molar-refractivity contribution in [2.75, 3.05) is 30.4 Å². The highest BCUT2D eigenvalue weighted by molar-refractivity contribution is 7.65. The molecular weight excluding hydrogens is 407 g/mol. The molecular formula is C23H23F3N2OP+. The zero-order chi connectivity index (χ0) is 21.5. The molecule has 0 bridgehead atoms. The molecule has 3 nitrogen and oxygen atoms in total. The standard InChI is InChI=1S/C23H23F3N2OP/c1-15-3-9-20-19-10-6-17(27)12-21(19)23(16-4-7-18(8-5-16)29-13-24)28(22(20)11-15)14-30(2,25)26/h3-12,23H,13-14,27H2,1-2H3/q+1/i24-1. The highest BCUT2D eigenvalue weighted by Crippen LogP contribution is 2.62. The lowest BCUT2D eigenvalue weighted by molar-refractivity contribution is 0.191. The van der Waals surface area contributed by atoms with E-state index in [0.717, 1.165) is 40.2 Å². The molecule has 4 rings (SSSR count). The molecule has 1 atom stereocenters. The molecule has 3 aromatic rings. The summed E-state index contributed by atoms with van der Waals surface area (Å²) in [5, 5.41) is 0. The van der Waals surface area contributed by atoms with Crippen molar-refractivity contribution in [3.63, 3.8) is 0 Å². The summed E-state index contributed by atoms with van der Waals surface area (Å²) in [6.45, 7) is 2.06. The van der Waals surface area contributed by atoms with E-state index in [4.69, 9.17) is 10.5 Å². The summed E-state index contributed by atoms with van der Waals surface area (Å²) >= 11 is 0. The largest absolute Gasteiger partial charge is 0.463 e. The minimum absolute atomic E-state index is 0.342. The lowest BCUT2D eigenvalue weighted by atomic mass is 9.84. The Balaban J connectivity index is 1.93. The fraction of sp³-hybridized carbons (Fsp3) is 0.217. The molecule has 2 N–H and O–H groups in total. The quantitative estimate of drug-likeness (QED) is 0.356. The van der Waals surface area contributed by atoms with Gasteiger partial charge < -0.3 is 15.4 Å². The van der Waals surface area contributed by atoms with Crippen LogP contribution in [0.1, 0.15) is 22.7 Å². The second-order valence-corrected chi connectivity index (χ2v) is 9.86. The maximum Gasteiger partial charge on any atom is 0.404 e. The lowest BCUT2D eigenvalue weighted by Crippen LogP contribution is -2.34. The number of hydrogen-bond acceptors (Lipinski definition) is 3. The predicted molar refractivity (Wildman–Crippen MR) is 118 cm³/mol. The van der Waals surface area contributed by atoms with Crippen LogP contribution in [0.2, 0.25) is 0 Å². The summed E-state index contributed by atoms with van der Waals surface area (Å²) in [6.07, 6.45) is -0.342. The SMILES string of the molecule is Cc1ccc2c(c1)N(C[P+](C)(F)F)C(c1ccc(OC[18F])cc1)c1cc(N)ccc1-2. The Kier molecular flexibility index (Phi) is 5.37. The number of fused-ring (bicyclic) bond motifs is 3. The average Bonchev–Trinajstić information content (AvgIpc) is 2.68. The van der Waals surface area contributed by atoms with Gasteiger partial charge in [-0.05, 0) is 67.9 Å². The summed E-state index contributed by atoms with van der Waals surface area (Å²) in [5.74, 6) is 0.390. The van der Waals surface area contributed by atoms with Gasteiger partial charge in [0, 0.05) is 16.9 Å². The minimum atomic E-state index is -4.14. The van der Waals surface area contributed by atoms with Crippen molar-refractivity contribution in [1.82, 2.24) is 0 Å². The van der Waals surface area contributed by atoms with Crippen molar-refractivity contribution in [3.8, 4) is 16.9 Å². The van der Waals surface area contributed by atoms with Gasteiger partial charge in [0.05, 0.1) is 6.04 Å². The number of nitrogens with zero attached hydrogens (tertiary/aromatic N) is 1. The van der Waals surface area contributed by atoms with Gasteiger partial charge in [-0.2, -0.15) is 0 Å². The third-order valence-corrected chi connectivity index (χ3v) is 6.05. The van der Waals surface area contributed by atoms with Gasteiger partial charge in [-0.15, -0.1) is 0 Å². The number of halogens is 3. The average molecular weight is 430 g/mol. The van der Waals surface area contributed by atoms with Crippen molar-refractivity contribution < 1.29 is 17.5 Å². The monoisotopic (exact) mass is 430 g/mol. The molecule has 30 heavy (non-hydrogen) atoms. The van der Waals surface area contributed by atoms with Gasteiger partial charge in [-0.25, -0.2) is 4.39 Å². The van der Waals surface area contributed by atoms with Gasteiger partial charge in [0.25, 0.3) is 0 Å². The maximum absolute atomic E-state index is 14.4. The van der Waals surface area contributed by atoms with Crippen LogP contribution in [0.4, 0.5) is 24.2 Å². The van der Waals surface area contributed by atoms with E-state index in [-0.39, 0.29) is 6.29 Å². The molecule has 7 heteroatoms. The summed E-state index contributed by atoms with van der Waals surface area (Å²) < 4.78 is 46.2. The first kappa shape index (κ1) is 20.5. The number of nitrogen functional groups attached to an aromatic ring is 1. The van der Waals surface area contributed by atoms with Crippen LogP contribution in [0.25, 0.3) is 11.1 Å². The number of hydrogen-bond donors (Lipinski definition) is 1. The van der Waals surface area contributed by atoms with E-state index in [0.29, 0.717) is 11.4 Å². The molecule has 1 unspecified atom stereocenters. The molecule has 1 heterocycles. The second kappa shape index (κ2) is 7.84. The number of ether oxygens (including phenoxy) is 1. The molecule has 1 aliphatic heterocycles. The van der Waals surface area contributed by atoms with E-state index < -0.39 is 20.8 Å². The van der Waals surface area contributed by atoms with Crippen molar-refractivity contribution in [2.24, 2.45) is 0 Å². The fourth-order valence-electron chi connectivity index (χ4n) is 4.06. The van der Waals surface area contributed by atoms with E-state index in [1.807, 2.05) is 43.3 Å². The molecule has 0 amide bonds. The molecule has 0 aliphatic carbocycles. The highest BCUT2D eigenvalue weighted by Gasteiger charge is 2.43. The van der Waals surface area contributed by atoms with Crippen molar-refractivity contribution in [2.45, 2.75) is 13.0 Å². The smallest absolute Gasteiger partial charge is 0.404 e. The number of rotatable bonds is 5. The van der Waals surface area contributed by atoms with Crippen LogP contribution < -0.4 is 15.4 Å². The number of anilines is 2. The summed E-state index contributed by atoms with van der Waals surface area (Å²) in [5.41, 5.74) is 12.0. The van der Waals surface area contributed by atoms with Crippen LogP contribution in [0.15, 0.2) is 60.7 Å².